The van der Waals surface area contributed by atoms with Gasteiger partial charge in [0, 0.05) is 10.6 Å². The van der Waals surface area contributed by atoms with E-state index >= 15 is 0 Å². The highest BCUT2D eigenvalue weighted by Crippen LogP contribution is 2.33. The molecule has 3 rings (SSSR count). The number of hydrogen-bond donors (Lipinski definition) is 3. The van der Waals surface area contributed by atoms with E-state index in [0.29, 0.717) is 10.6 Å². The van der Waals surface area contributed by atoms with Crippen molar-refractivity contribution in [3.8, 4) is 0 Å². The number of anilines is 1. The van der Waals surface area contributed by atoms with Gasteiger partial charge in [-0.15, -0.1) is 0 Å². The fourth-order valence-corrected chi connectivity index (χ4v) is 2.76. The van der Waals surface area contributed by atoms with Gasteiger partial charge in [0.1, 0.15) is 11.4 Å². The van der Waals surface area contributed by atoms with Crippen LogP contribution in [-0.4, -0.2) is 35.0 Å². The topological polar surface area (TPSA) is 95.7 Å². The van der Waals surface area contributed by atoms with E-state index in [1.165, 1.54) is 17.0 Å². The minimum atomic E-state index is -1.16. The van der Waals surface area contributed by atoms with Gasteiger partial charge in [-0.2, -0.15) is 0 Å². The Balaban J connectivity index is 1.64. The second-order valence-electron chi connectivity index (χ2n) is 5.88. The molecule has 1 heterocycles. The molecule has 4 N–H and O–H groups in total. The van der Waals surface area contributed by atoms with Crippen LogP contribution in [0.15, 0.2) is 42.5 Å². The summed E-state index contributed by atoms with van der Waals surface area (Å²) in [4.78, 5) is 24.5. The maximum Gasteiger partial charge on any atom is 0.322 e. The summed E-state index contributed by atoms with van der Waals surface area (Å²) in [6, 6.07) is 9.70. The number of nitrogens with zero attached hydrogens (tertiary/aromatic N) is 1. The molecule has 1 aliphatic heterocycles. The van der Waals surface area contributed by atoms with Crippen LogP contribution in [0.5, 0.6) is 0 Å². The molecule has 3 amide bonds. The number of urea groups is 1. The second-order valence-corrected chi connectivity index (χ2v) is 6.32. The highest BCUT2D eigenvalue weighted by Gasteiger charge is 2.45. The van der Waals surface area contributed by atoms with E-state index in [2.05, 4.69) is 5.32 Å². The van der Waals surface area contributed by atoms with Crippen LogP contribution in [0.3, 0.4) is 0 Å². The van der Waals surface area contributed by atoms with E-state index in [4.69, 9.17) is 17.3 Å². The Morgan fingerprint density at radius 2 is 1.84 bits per heavy atom. The molecule has 0 saturated carbocycles. The number of carbonyl (C=O) groups is 2. The van der Waals surface area contributed by atoms with Crippen molar-refractivity contribution in [2.45, 2.75) is 5.60 Å². The first-order valence-corrected chi connectivity index (χ1v) is 7.80. The van der Waals surface area contributed by atoms with E-state index in [1.54, 1.807) is 24.3 Å². The zero-order valence-electron chi connectivity index (χ0n) is 13.0. The molecule has 2 aromatic carbocycles. The molecule has 0 spiro atoms. The Kier molecular flexibility index (Phi) is 4.36. The summed E-state index contributed by atoms with van der Waals surface area (Å²) in [5, 5.41) is 13.5. The second kappa shape index (κ2) is 6.34. The van der Waals surface area contributed by atoms with Gasteiger partial charge in [-0.05, 0) is 35.9 Å². The molecule has 1 aliphatic rings. The lowest BCUT2D eigenvalue weighted by atomic mass is 9.86. The van der Waals surface area contributed by atoms with Gasteiger partial charge in [0.15, 0.2) is 0 Å². The molecule has 0 aromatic heterocycles. The van der Waals surface area contributed by atoms with Gasteiger partial charge < -0.3 is 21.1 Å². The predicted molar refractivity (Wildman–Crippen MR) is 90.9 cm³/mol. The third-order valence-corrected chi connectivity index (χ3v) is 4.32. The Labute approximate surface area is 148 Å². The quantitative estimate of drug-likeness (QED) is 0.780. The van der Waals surface area contributed by atoms with E-state index in [1.807, 2.05) is 0 Å². The number of hydrogen-bond acceptors (Lipinski definition) is 3. The fraction of sp³-hybridized carbons (Fsp3) is 0.176. The molecule has 0 aliphatic carbocycles. The minimum absolute atomic E-state index is 0.0107. The Bertz CT molecular complexity index is 836. The van der Waals surface area contributed by atoms with Crippen LogP contribution in [0.25, 0.3) is 0 Å². The summed E-state index contributed by atoms with van der Waals surface area (Å²) in [6.07, 6.45) is 0. The smallest absolute Gasteiger partial charge is 0.322 e. The molecule has 6 nitrogen and oxygen atoms in total. The van der Waals surface area contributed by atoms with E-state index < -0.39 is 23.4 Å². The van der Waals surface area contributed by atoms with Crippen LogP contribution >= 0.6 is 11.6 Å². The van der Waals surface area contributed by atoms with Crippen molar-refractivity contribution in [2.24, 2.45) is 5.73 Å². The van der Waals surface area contributed by atoms with Crippen LogP contribution in [0.2, 0.25) is 5.02 Å². The SMILES string of the molecule is NC(=O)c1ccc(NC(=O)N2CC(O)(c3ccc(Cl)cc3)C2)c(F)c1. The zero-order valence-corrected chi connectivity index (χ0v) is 13.8. The third kappa shape index (κ3) is 3.42. The summed E-state index contributed by atoms with van der Waals surface area (Å²) >= 11 is 5.82. The summed E-state index contributed by atoms with van der Waals surface area (Å²) < 4.78 is 13.9. The summed E-state index contributed by atoms with van der Waals surface area (Å²) in [7, 11) is 0. The van der Waals surface area contributed by atoms with Crippen molar-refractivity contribution in [3.63, 3.8) is 0 Å². The van der Waals surface area contributed by atoms with Crippen molar-refractivity contribution in [2.75, 3.05) is 18.4 Å². The molecule has 0 bridgehead atoms. The number of nitrogens with two attached hydrogens (primary N) is 1. The molecule has 0 radical (unpaired) electrons. The van der Waals surface area contributed by atoms with E-state index in [0.717, 1.165) is 6.07 Å². The average Bonchev–Trinajstić information content (AvgIpc) is 2.54. The maximum atomic E-state index is 13.9. The molecule has 1 fully saturated rings. The largest absolute Gasteiger partial charge is 0.381 e. The number of rotatable bonds is 3. The normalized spacial score (nSPS) is 15.4. The summed E-state index contributed by atoms with van der Waals surface area (Å²) in [5.41, 5.74) is 4.50. The Morgan fingerprint density at radius 3 is 2.40 bits per heavy atom. The van der Waals surface area contributed by atoms with E-state index in [-0.39, 0.29) is 24.3 Å². The number of carbonyl (C=O) groups excluding carboxylic acids is 2. The van der Waals surface area contributed by atoms with Gasteiger partial charge in [0.05, 0.1) is 18.8 Å². The molecule has 2 aromatic rings. The molecular weight excluding hydrogens is 349 g/mol. The number of amides is 3. The first-order chi connectivity index (χ1) is 11.8. The van der Waals surface area contributed by atoms with Crippen molar-refractivity contribution in [3.05, 3.63) is 64.4 Å². The van der Waals surface area contributed by atoms with Gasteiger partial charge in [0.2, 0.25) is 5.91 Å². The predicted octanol–water partition coefficient (Wildman–Crippen LogP) is 2.31. The van der Waals surface area contributed by atoms with Crippen molar-refractivity contribution < 1.29 is 19.1 Å². The zero-order chi connectivity index (χ0) is 18.2. The standard InChI is InChI=1S/C17H15ClFN3O3/c18-12-4-2-11(3-5-12)17(25)8-22(9-17)16(24)21-14-6-1-10(15(20)23)7-13(14)19/h1-7,25H,8-9H2,(H2,20,23)(H,21,24). The molecule has 8 heteroatoms. The molecule has 1 saturated heterocycles. The van der Waals surface area contributed by atoms with Gasteiger partial charge >= 0.3 is 6.03 Å². The molecule has 130 valence electrons. The lowest BCUT2D eigenvalue weighted by Gasteiger charge is -2.46. The number of aliphatic hydroxyl groups is 1. The van der Waals surface area contributed by atoms with Crippen molar-refractivity contribution >= 4 is 29.2 Å². The van der Waals surface area contributed by atoms with Crippen molar-refractivity contribution in [1.29, 1.82) is 0 Å². The highest BCUT2D eigenvalue weighted by molar-refractivity contribution is 6.30. The summed E-state index contributed by atoms with van der Waals surface area (Å²) in [5.74, 6) is -1.52. The molecular formula is C17H15ClFN3O3. The first kappa shape index (κ1) is 17.2. The number of primary amides is 1. The number of benzene rings is 2. The van der Waals surface area contributed by atoms with Crippen LogP contribution < -0.4 is 11.1 Å². The van der Waals surface area contributed by atoms with Gasteiger partial charge in [-0.3, -0.25) is 4.79 Å². The minimum Gasteiger partial charge on any atom is -0.381 e. The highest BCUT2D eigenvalue weighted by atomic mass is 35.5. The maximum absolute atomic E-state index is 13.9. The lowest BCUT2D eigenvalue weighted by molar-refractivity contribution is -0.0793. The molecule has 0 atom stereocenters. The number of halogens is 2. The fourth-order valence-electron chi connectivity index (χ4n) is 2.64. The average molecular weight is 364 g/mol. The van der Waals surface area contributed by atoms with Crippen LogP contribution in [0, 0.1) is 5.82 Å². The number of nitrogens with one attached hydrogen (secondary N) is 1. The Hall–Kier alpha value is -2.64. The van der Waals surface area contributed by atoms with Crippen LogP contribution in [0.4, 0.5) is 14.9 Å². The number of β-amino-alcohol motifs (C(OH)–C–C–N with tert-alkyl or cyclic N) is 1. The third-order valence-electron chi connectivity index (χ3n) is 4.07. The van der Waals surface area contributed by atoms with Crippen LogP contribution in [0.1, 0.15) is 15.9 Å². The Morgan fingerprint density at radius 1 is 1.20 bits per heavy atom. The molecule has 0 unspecified atom stereocenters. The van der Waals surface area contributed by atoms with Gasteiger partial charge in [-0.25, -0.2) is 9.18 Å². The first-order valence-electron chi connectivity index (χ1n) is 7.42. The van der Waals surface area contributed by atoms with Crippen LogP contribution in [-0.2, 0) is 5.60 Å². The van der Waals surface area contributed by atoms with Gasteiger partial charge in [0.25, 0.3) is 0 Å². The van der Waals surface area contributed by atoms with E-state index in [9.17, 15) is 19.1 Å². The monoisotopic (exact) mass is 363 g/mol. The lowest BCUT2D eigenvalue weighted by Crippen LogP contribution is -2.62. The van der Waals surface area contributed by atoms with Crippen molar-refractivity contribution in [1.82, 2.24) is 4.90 Å². The summed E-state index contributed by atoms with van der Waals surface area (Å²) in [6.45, 7) is 0.142. The number of likely N-dealkylation sites (tertiary alicyclic amines) is 1. The molecule has 25 heavy (non-hydrogen) atoms. The van der Waals surface area contributed by atoms with Gasteiger partial charge in [-0.1, -0.05) is 23.7 Å².